The summed E-state index contributed by atoms with van der Waals surface area (Å²) in [5.74, 6) is 0. The van der Waals surface area contributed by atoms with Crippen LogP contribution in [-0.4, -0.2) is 19.0 Å². The van der Waals surface area contributed by atoms with E-state index in [0.29, 0.717) is 6.61 Å². The van der Waals surface area contributed by atoms with E-state index >= 15 is 0 Å². The molecule has 0 aliphatic carbocycles. The molecule has 2 atom stereocenters. The molecule has 2 nitrogen and oxygen atoms in total. The maximum atomic E-state index is 5.55. The van der Waals surface area contributed by atoms with Gasteiger partial charge in [-0.3, -0.25) is 0 Å². The molecule has 0 aromatic carbocycles. The van der Waals surface area contributed by atoms with Gasteiger partial charge in [-0.1, -0.05) is 17.2 Å². The van der Waals surface area contributed by atoms with Crippen molar-refractivity contribution < 1.29 is 9.47 Å². The molecular formula is C13H22O2. The van der Waals surface area contributed by atoms with Crippen LogP contribution in [0, 0.1) is 0 Å². The summed E-state index contributed by atoms with van der Waals surface area (Å²) in [6.45, 7) is 9.14. The fraction of sp³-hybridized carbons (Fsp3) is 0.692. The molecule has 0 aromatic rings. The summed E-state index contributed by atoms with van der Waals surface area (Å²) in [5, 5.41) is 0. The van der Waals surface area contributed by atoms with Crippen LogP contribution in [0.15, 0.2) is 23.3 Å². The minimum Gasteiger partial charge on any atom is -0.346 e. The van der Waals surface area contributed by atoms with Gasteiger partial charge in [-0.05, 0) is 46.6 Å². The molecule has 86 valence electrons. The zero-order valence-electron chi connectivity index (χ0n) is 10.2. The Hall–Kier alpha value is -0.600. The van der Waals surface area contributed by atoms with E-state index in [2.05, 4.69) is 32.9 Å². The van der Waals surface area contributed by atoms with Gasteiger partial charge in [0.1, 0.15) is 0 Å². The molecular weight excluding hydrogens is 188 g/mol. The van der Waals surface area contributed by atoms with Crippen molar-refractivity contribution in [3.8, 4) is 0 Å². The predicted molar refractivity (Wildman–Crippen MR) is 62.7 cm³/mol. The Morgan fingerprint density at radius 2 is 2.07 bits per heavy atom. The van der Waals surface area contributed by atoms with Crippen molar-refractivity contribution in [2.45, 2.75) is 52.9 Å². The fourth-order valence-corrected chi connectivity index (χ4v) is 1.53. The predicted octanol–water partition coefficient (Wildman–Crippen LogP) is 3.44. The average Bonchev–Trinajstić information content (AvgIpc) is 2.50. The Morgan fingerprint density at radius 3 is 2.60 bits per heavy atom. The van der Waals surface area contributed by atoms with Gasteiger partial charge in [0.25, 0.3) is 0 Å². The van der Waals surface area contributed by atoms with E-state index in [9.17, 15) is 0 Å². The summed E-state index contributed by atoms with van der Waals surface area (Å²) in [7, 11) is 0. The number of ether oxygens (including phenoxy) is 2. The van der Waals surface area contributed by atoms with Crippen molar-refractivity contribution in [1.82, 2.24) is 0 Å². The van der Waals surface area contributed by atoms with Crippen LogP contribution in [-0.2, 0) is 9.47 Å². The van der Waals surface area contributed by atoms with Crippen LogP contribution in [0.2, 0.25) is 0 Å². The molecule has 0 spiro atoms. The summed E-state index contributed by atoms with van der Waals surface area (Å²) in [4.78, 5) is 0. The molecule has 1 heterocycles. The third kappa shape index (κ3) is 5.14. The largest absolute Gasteiger partial charge is 0.346 e. The van der Waals surface area contributed by atoms with Gasteiger partial charge in [0.15, 0.2) is 6.29 Å². The first-order valence-corrected chi connectivity index (χ1v) is 5.65. The fourth-order valence-electron chi connectivity index (χ4n) is 1.53. The lowest BCUT2D eigenvalue weighted by Gasteiger charge is -2.06. The third-order valence-corrected chi connectivity index (χ3v) is 2.37. The lowest BCUT2D eigenvalue weighted by Crippen LogP contribution is -2.06. The minimum absolute atomic E-state index is 0.119. The second-order valence-electron chi connectivity index (χ2n) is 4.48. The highest BCUT2D eigenvalue weighted by molar-refractivity contribution is 5.04. The zero-order valence-corrected chi connectivity index (χ0v) is 10.2. The molecule has 1 saturated heterocycles. The summed E-state index contributed by atoms with van der Waals surface area (Å²) < 4.78 is 11.0. The zero-order chi connectivity index (χ0) is 11.3. The number of hydrogen-bond acceptors (Lipinski definition) is 2. The molecule has 1 aliphatic heterocycles. The van der Waals surface area contributed by atoms with Crippen LogP contribution in [0.1, 0.15) is 40.5 Å². The second-order valence-corrected chi connectivity index (χ2v) is 4.48. The summed E-state index contributed by atoms with van der Waals surface area (Å²) >= 11 is 0. The van der Waals surface area contributed by atoms with Crippen LogP contribution in [0.3, 0.4) is 0 Å². The van der Waals surface area contributed by atoms with Crippen LogP contribution in [0.4, 0.5) is 0 Å². The molecule has 0 bridgehead atoms. The maximum Gasteiger partial charge on any atom is 0.177 e. The van der Waals surface area contributed by atoms with E-state index in [1.807, 2.05) is 6.92 Å². The topological polar surface area (TPSA) is 18.5 Å². The third-order valence-electron chi connectivity index (χ3n) is 2.37. The monoisotopic (exact) mass is 210 g/mol. The van der Waals surface area contributed by atoms with Gasteiger partial charge in [-0.25, -0.2) is 0 Å². The van der Waals surface area contributed by atoms with E-state index in [-0.39, 0.29) is 12.4 Å². The van der Waals surface area contributed by atoms with E-state index < -0.39 is 0 Å². The lowest BCUT2D eigenvalue weighted by molar-refractivity contribution is -0.0167. The first-order valence-electron chi connectivity index (χ1n) is 5.65. The van der Waals surface area contributed by atoms with Crippen LogP contribution in [0.25, 0.3) is 0 Å². The highest BCUT2D eigenvalue weighted by atomic mass is 16.7. The molecule has 1 aliphatic rings. The van der Waals surface area contributed by atoms with Crippen molar-refractivity contribution in [3.63, 3.8) is 0 Å². The molecule has 15 heavy (non-hydrogen) atoms. The Balaban J connectivity index is 2.30. The molecule has 0 N–H and O–H groups in total. The van der Waals surface area contributed by atoms with Gasteiger partial charge < -0.3 is 9.47 Å². The van der Waals surface area contributed by atoms with E-state index in [1.54, 1.807) is 0 Å². The minimum atomic E-state index is -0.119. The SMILES string of the molecule is CC(C)=CCC/C(C)=C/[C@@H]1OC[C@@H](C)O1. The molecule has 2 heteroatoms. The number of allylic oxidation sites excluding steroid dienone is 3. The van der Waals surface area contributed by atoms with Gasteiger partial charge in [0.05, 0.1) is 12.7 Å². The number of hydrogen-bond donors (Lipinski definition) is 0. The lowest BCUT2D eigenvalue weighted by atomic mass is 10.1. The van der Waals surface area contributed by atoms with Crippen LogP contribution < -0.4 is 0 Å². The quantitative estimate of drug-likeness (QED) is 0.662. The Kier molecular flexibility index (Phi) is 5.06. The highest BCUT2D eigenvalue weighted by Gasteiger charge is 2.19. The first-order chi connectivity index (χ1) is 7.08. The second kappa shape index (κ2) is 6.09. The van der Waals surface area contributed by atoms with Gasteiger partial charge in [-0.2, -0.15) is 0 Å². The smallest absolute Gasteiger partial charge is 0.177 e. The molecule has 0 aromatic heterocycles. The highest BCUT2D eigenvalue weighted by Crippen LogP contribution is 2.15. The Labute approximate surface area is 93.0 Å². The Bertz CT molecular complexity index is 249. The van der Waals surface area contributed by atoms with Gasteiger partial charge in [0, 0.05) is 0 Å². The maximum absolute atomic E-state index is 5.55. The molecule has 1 rings (SSSR count). The van der Waals surface area contributed by atoms with Crippen LogP contribution in [0.5, 0.6) is 0 Å². The average molecular weight is 210 g/mol. The van der Waals surface area contributed by atoms with Crippen molar-refractivity contribution in [1.29, 1.82) is 0 Å². The standard InChI is InChI=1S/C13H22O2/c1-10(2)6-5-7-11(3)8-13-14-9-12(4)15-13/h6,8,12-13H,5,7,9H2,1-4H3/b11-8+/t12-,13-/m1/s1. The van der Waals surface area contributed by atoms with E-state index in [4.69, 9.17) is 9.47 Å². The van der Waals surface area contributed by atoms with Gasteiger partial charge in [-0.15, -0.1) is 0 Å². The van der Waals surface area contributed by atoms with Crippen molar-refractivity contribution in [3.05, 3.63) is 23.3 Å². The Morgan fingerprint density at radius 1 is 1.33 bits per heavy atom. The summed E-state index contributed by atoms with van der Waals surface area (Å²) in [6.07, 6.45) is 6.65. The molecule has 1 fully saturated rings. The molecule has 0 saturated carbocycles. The van der Waals surface area contributed by atoms with Crippen molar-refractivity contribution >= 4 is 0 Å². The van der Waals surface area contributed by atoms with Gasteiger partial charge in [0.2, 0.25) is 0 Å². The summed E-state index contributed by atoms with van der Waals surface area (Å²) in [5.41, 5.74) is 2.72. The first kappa shape index (κ1) is 12.5. The van der Waals surface area contributed by atoms with Gasteiger partial charge >= 0.3 is 0 Å². The van der Waals surface area contributed by atoms with E-state index in [1.165, 1.54) is 11.1 Å². The van der Waals surface area contributed by atoms with Crippen LogP contribution >= 0.6 is 0 Å². The van der Waals surface area contributed by atoms with Crippen molar-refractivity contribution in [2.75, 3.05) is 6.61 Å². The summed E-state index contributed by atoms with van der Waals surface area (Å²) in [6, 6.07) is 0. The molecule has 0 amide bonds. The van der Waals surface area contributed by atoms with Crippen molar-refractivity contribution in [2.24, 2.45) is 0 Å². The van der Waals surface area contributed by atoms with E-state index in [0.717, 1.165) is 12.8 Å². The molecule has 0 radical (unpaired) electrons. The normalized spacial score (nSPS) is 26.8. The molecule has 0 unspecified atom stereocenters. The number of rotatable bonds is 4.